The van der Waals surface area contributed by atoms with Crippen LogP contribution < -0.4 is 10.4 Å². The Hall–Kier alpha value is -3.61. The first kappa shape index (κ1) is 27.0. The van der Waals surface area contributed by atoms with Gasteiger partial charge in [0.1, 0.15) is 6.67 Å². The lowest BCUT2D eigenvalue weighted by Crippen LogP contribution is -2.57. The van der Waals surface area contributed by atoms with Crippen molar-refractivity contribution in [3.05, 3.63) is 92.9 Å². The molecule has 0 saturated heterocycles. The maximum absolute atomic E-state index is 13.5. The molecule has 1 aromatic heterocycles. The fourth-order valence-corrected chi connectivity index (χ4v) is 5.94. The van der Waals surface area contributed by atoms with E-state index in [-0.39, 0.29) is 0 Å². The summed E-state index contributed by atoms with van der Waals surface area (Å²) >= 11 is 1.19. The number of nitrogens with zero attached hydrogens (tertiary/aromatic N) is 3. The molecule has 2 aromatic carbocycles. The highest BCUT2D eigenvalue weighted by Gasteiger charge is 2.43. The molecule has 39 heavy (non-hydrogen) atoms. The van der Waals surface area contributed by atoms with E-state index in [2.05, 4.69) is 0 Å². The molecule has 0 fully saturated rings. The number of aromatic hydroxyl groups is 1. The summed E-state index contributed by atoms with van der Waals surface area (Å²) in [6.45, 7) is -0.237. The number of benzene rings is 2. The van der Waals surface area contributed by atoms with E-state index in [9.17, 15) is 41.0 Å². The summed E-state index contributed by atoms with van der Waals surface area (Å²) < 4.78 is 82.2. The number of carbonyl (C=O) groups excluding carboxylic acids is 1. The van der Waals surface area contributed by atoms with Gasteiger partial charge < -0.3 is 10.0 Å². The zero-order valence-corrected chi connectivity index (χ0v) is 21.1. The van der Waals surface area contributed by atoms with Crippen LogP contribution in [0, 0.1) is 5.92 Å². The number of carbonyl (C=O) groups is 1. The molecule has 5 rings (SSSR count). The van der Waals surface area contributed by atoms with Gasteiger partial charge in [-0.2, -0.15) is 26.3 Å². The first-order chi connectivity index (χ1) is 18.3. The van der Waals surface area contributed by atoms with E-state index in [0.717, 1.165) is 35.6 Å². The standard InChI is InChI=1S/C26H21F6N3O3S/c1-14(25(27,28)29)11-33-13-35(34-9-8-19(36)23(37)22(34)24(33)38)21-17-5-3-2-4-15(17)12-39-20-10-16(26(30,31)32)6-7-18(20)21/h2-10,14,21,37H,11-13H2,1H3/t14-,21+/m0/s1. The Morgan fingerprint density at radius 1 is 1.03 bits per heavy atom. The highest BCUT2D eigenvalue weighted by molar-refractivity contribution is 7.98. The quantitative estimate of drug-likeness (QED) is 0.421. The molecule has 6 nitrogen and oxygen atoms in total. The lowest BCUT2D eigenvalue weighted by molar-refractivity contribution is -0.172. The monoisotopic (exact) mass is 569 g/mol. The molecule has 13 heteroatoms. The molecule has 0 saturated carbocycles. The van der Waals surface area contributed by atoms with Crippen molar-refractivity contribution in [1.29, 1.82) is 0 Å². The predicted octanol–water partition coefficient (Wildman–Crippen LogP) is 5.52. The second-order valence-electron chi connectivity index (χ2n) is 9.41. The summed E-state index contributed by atoms with van der Waals surface area (Å²) in [4.78, 5) is 26.7. The number of fused-ring (bicyclic) bond motifs is 3. The molecular weight excluding hydrogens is 548 g/mol. The van der Waals surface area contributed by atoms with E-state index >= 15 is 0 Å². The third-order valence-electron chi connectivity index (χ3n) is 6.86. The Balaban J connectivity index is 1.72. The Bertz CT molecular complexity index is 1500. The molecule has 0 radical (unpaired) electrons. The number of halogens is 6. The smallest absolute Gasteiger partial charge is 0.416 e. The number of rotatable bonds is 3. The summed E-state index contributed by atoms with van der Waals surface area (Å²) in [6.07, 6.45) is -7.98. The van der Waals surface area contributed by atoms with Gasteiger partial charge in [-0.05, 0) is 28.8 Å². The molecule has 3 heterocycles. The number of aromatic nitrogens is 1. The van der Waals surface area contributed by atoms with E-state index in [1.165, 1.54) is 33.7 Å². The first-order valence-corrected chi connectivity index (χ1v) is 12.7. The van der Waals surface area contributed by atoms with Crippen LogP contribution in [0.4, 0.5) is 26.3 Å². The molecule has 1 N–H and O–H groups in total. The van der Waals surface area contributed by atoms with Crippen LogP contribution in [0.3, 0.4) is 0 Å². The van der Waals surface area contributed by atoms with Crippen LogP contribution in [0.1, 0.15) is 45.7 Å². The Labute approximate surface area is 222 Å². The second kappa shape index (κ2) is 9.54. The van der Waals surface area contributed by atoms with Gasteiger partial charge in [-0.1, -0.05) is 37.3 Å². The molecule has 0 spiro atoms. The summed E-state index contributed by atoms with van der Waals surface area (Å²) in [7, 11) is 0. The number of alkyl halides is 6. The fourth-order valence-electron chi connectivity index (χ4n) is 4.81. The van der Waals surface area contributed by atoms with Crippen molar-refractivity contribution in [3.63, 3.8) is 0 Å². The molecular formula is C26H21F6N3O3S. The molecule has 0 aliphatic carbocycles. The van der Waals surface area contributed by atoms with Gasteiger partial charge in [0.05, 0.1) is 17.5 Å². The summed E-state index contributed by atoms with van der Waals surface area (Å²) in [5.41, 5.74) is -0.407. The zero-order chi connectivity index (χ0) is 28.3. The molecule has 206 valence electrons. The maximum Gasteiger partial charge on any atom is 0.416 e. The van der Waals surface area contributed by atoms with Crippen LogP contribution in [0.2, 0.25) is 0 Å². The predicted molar refractivity (Wildman–Crippen MR) is 131 cm³/mol. The molecule has 2 atom stereocenters. The second-order valence-corrected chi connectivity index (χ2v) is 10.4. The number of amides is 1. The summed E-state index contributed by atoms with van der Waals surface area (Å²) in [6, 6.07) is 10.5. The van der Waals surface area contributed by atoms with E-state index in [0.29, 0.717) is 21.8 Å². The van der Waals surface area contributed by atoms with Crippen molar-refractivity contribution in [1.82, 2.24) is 9.58 Å². The Morgan fingerprint density at radius 3 is 2.44 bits per heavy atom. The van der Waals surface area contributed by atoms with E-state index in [1.54, 1.807) is 24.3 Å². The molecule has 0 bridgehead atoms. The number of hydrogen-bond donors (Lipinski definition) is 1. The molecule has 1 amide bonds. The van der Waals surface area contributed by atoms with E-state index in [1.807, 2.05) is 0 Å². The molecule has 2 aliphatic heterocycles. The maximum atomic E-state index is 13.5. The van der Waals surface area contributed by atoms with Gasteiger partial charge in [0.2, 0.25) is 5.43 Å². The Kier molecular flexibility index (Phi) is 6.60. The van der Waals surface area contributed by atoms with Crippen LogP contribution in [-0.4, -0.2) is 40.0 Å². The topological polar surface area (TPSA) is 65.8 Å². The molecule has 3 aromatic rings. The lowest BCUT2D eigenvalue weighted by atomic mass is 9.93. The minimum absolute atomic E-state index is 0.310. The lowest BCUT2D eigenvalue weighted by Gasteiger charge is -2.44. The highest BCUT2D eigenvalue weighted by Crippen LogP contribution is 2.45. The minimum atomic E-state index is -4.62. The van der Waals surface area contributed by atoms with Gasteiger partial charge in [0.25, 0.3) is 5.91 Å². The van der Waals surface area contributed by atoms with Crippen molar-refractivity contribution in [2.24, 2.45) is 5.92 Å². The third-order valence-corrected chi connectivity index (χ3v) is 7.98. The van der Waals surface area contributed by atoms with Crippen LogP contribution in [0.5, 0.6) is 5.75 Å². The van der Waals surface area contributed by atoms with Gasteiger partial charge >= 0.3 is 12.4 Å². The number of pyridine rings is 1. The van der Waals surface area contributed by atoms with Crippen LogP contribution in [-0.2, 0) is 11.9 Å². The van der Waals surface area contributed by atoms with Gasteiger partial charge in [-0.25, -0.2) is 0 Å². The molecule has 2 aliphatic rings. The fraction of sp³-hybridized carbons (Fsp3) is 0.308. The van der Waals surface area contributed by atoms with Gasteiger partial charge in [-0.3, -0.25) is 19.3 Å². The average Bonchev–Trinajstić information content (AvgIpc) is 3.03. The largest absolute Gasteiger partial charge is 0.502 e. The zero-order valence-electron chi connectivity index (χ0n) is 20.3. The van der Waals surface area contributed by atoms with E-state index < -0.39 is 65.9 Å². The van der Waals surface area contributed by atoms with E-state index in [4.69, 9.17) is 0 Å². The van der Waals surface area contributed by atoms with Gasteiger partial charge in [-0.15, -0.1) is 11.8 Å². The summed E-state index contributed by atoms with van der Waals surface area (Å²) in [5, 5.41) is 12.0. The first-order valence-electron chi connectivity index (χ1n) is 11.8. The highest BCUT2D eigenvalue weighted by atomic mass is 32.2. The van der Waals surface area contributed by atoms with Crippen LogP contribution >= 0.6 is 11.8 Å². The summed E-state index contributed by atoms with van der Waals surface area (Å²) in [5.74, 6) is -3.50. The average molecular weight is 570 g/mol. The third kappa shape index (κ3) is 4.83. The van der Waals surface area contributed by atoms with Gasteiger partial charge in [0.15, 0.2) is 11.4 Å². The minimum Gasteiger partial charge on any atom is -0.502 e. The number of thioether (sulfide) groups is 1. The van der Waals surface area contributed by atoms with Crippen molar-refractivity contribution in [3.8, 4) is 5.75 Å². The molecule has 0 unspecified atom stereocenters. The SMILES string of the molecule is C[C@@H](CN1CN([C@@H]2c3ccccc3CSc3cc(C(F)(F)F)ccc32)n2ccc(=O)c(O)c2C1=O)C(F)(F)F. The van der Waals surface area contributed by atoms with Crippen molar-refractivity contribution < 1.29 is 36.2 Å². The van der Waals surface area contributed by atoms with Crippen LogP contribution in [0.15, 0.2) is 64.4 Å². The van der Waals surface area contributed by atoms with Crippen molar-refractivity contribution in [2.45, 2.75) is 36.0 Å². The van der Waals surface area contributed by atoms with Crippen LogP contribution in [0.25, 0.3) is 0 Å². The van der Waals surface area contributed by atoms with Gasteiger partial charge in [0, 0.05) is 29.5 Å². The number of hydrogen-bond acceptors (Lipinski definition) is 5. The normalized spacial score (nSPS) is 18.2. The van der Waals surface area contributed by atoms with Crippen molar-refractivity contribution in [2.75, 3.05) is 18.2 Å². The van der Waals surface area contributed by atoms with Crippen molar-refractivity contribution >= 4 is 17.7 Å². The Morgan fingerprint density at radius 2 is 1.74 bits per heavy atom.